The van der Waals surface area contributed by atoms with Crippen LogP contribution in [0.4, 0.5) is 17.1 Å². The van der Waals surface area contributed by atoms with Crippen LogP contribution in [-0.2, 0) is 5.41 Å². The van der Waals surface area contributed by atoms with Crippen molar-refractivity contribution >= 4 is 76.3 Å². The number of fused-ring (bicyclic) bond motifs is 13. The van der Waals surface area contributed by atoms with Crippen LogP contribution >= 0.6 is 0 Å². The first-order valence-corrected chi connectivity index (χ1v) is 27.3. The lowest BCUT2D eigenvalue weighted by Crippen LogP contribution is -2.37. The molecule has 2 aliphatic carbocycles. The van der Waals surface area contributed by atoms with Gasteiger partial charge >= 0.3 is 0 Å². The van der Waals surface area contributed by atoms with E-state index in [2.05, 4.69) is 208 Å². The van der Waals surface area contributed by atoms with Crippen molar-refractivity contribution in [1.29, 1.82) is 0 Å². The molecule has 0 N–H and O–H groups in total. The maximum absolute atomic E-state index is 6.63. The quantitative estimate of drug-likeness (QED) is 0.162. The van der Waals surface area contributed by atoms with Crippen LogP contribution in [0.15, 0.2) is 168 Å². The van der Waals surface area contributed by atoms with Gasteiger partial charge in [0.05, 0.1) is 27.3 Å². The molecule has 0 fully saturated rings. The maximum atomic E-state index is 6.63. The van der Waals surface area contributed by atoms with Gasteiger partial charge in [-0.25, -0.2) is 0 Å². The van der Waals surface area contributed by atoms with E-state index in [0.29, 0.717) is 0 Å². The Kier molecular flexibility index (Phi) is 7.24. The standard InChI is InChI=1S/C53H45NOSi2/c1-56(2,3)36-26-22-34(23-27-36)54(35-24-28-37(29-25-35)57(4,5)6)47-32-30-42-50-40(47)17-13-20-45(50)53(43-18-10-7-14-38(43)39-15-8-11-19-44(39)53)46-31-33-49-52(51(42)46)41-16-9-12-21-48(41)55-49/h7-33H,1-6H3. The Morgan fingerprint density at radius 1 is 0.404 bits per heavy atom. The summed E-state index contributed by atoms with van der Waals surface area (Å²) in [5.74, 6) is 0. The monoisotopic (exact) mass is 767 g/mol. The first-order chi connectivity index (χ1) is 27.5. The molecule has 0 saturated heterocycles. The summed E-state index contributed by atoms with van der Waals surface area (Å²) in [7, 11) is -3.00. The van der Waals surface area contributed by atoms with E-state index in [0.717, 1.165) is 16.6 Å². The Bertz CT molecular complexity index is 2980. The molecule has 2 nitrogen and oxygen atoms in total. The summed E-state index contributed by atoms with van der Waals surface area (Å²) in [5.41, 5.74) is 15.3. The average molecular weight is 768 g/mol. The van der Waals surface area contributed by atoms with E-state index < -0.39 is 21.6 Å². The van der Waals surface area contributed by atoms with E-state index in [9.17, 15) is 0 Å². The van der Waals surface area contributed by atoms with Gasteiger partial charge in [-0.15, -0.1) is 0 Å². The number of benzene rings is 8. The molecule has 1 heterocycles. The van der Waals surface area contributed by atoms with Gasteiger partial charge in [-0.3, -0.25) is 0 Å². The Morgan fingerprint density at radius 3 is 1.56 bits per heavy atom. The van der Waals surface area contributed by atoms with Crippen molar-refractivity contribution in [2.24, 2.45) is 0 Å². The molecule has 8 aromatic carbocycles. The number of rotatable bonds is 5. The molecule has 0 bridgehead atoms. The summed E-state index contributed by atoms with van der Waals surface area (Å²) in [6.07, 6.45) is 0. The molecule has 57 heavy (non-hydrogen) atoms. The van der Waals surface area contributed by atoms with Crippen LogP contribution in [0.25, 0.3) is 55.0 Å². The third-order valence-corrected chi connectivity index (χ3v) is 16.9. The average Bonchev–Trinajstić information content (AvgIpc) is 3.74. The normalized spacial score (nSPS) is 13.9. The van der Waals surface area contributed by atoms with Crippen molar-refractivity contribution in [3.8, 4) is 22.3 Å². The smallest absolute Gasteiger partial charge is 0.136 e. The highest BCUT2D eigenvalue weighted by atomic mass is 28.3. The zero-order valence-electron chi connectivity index (χ0n) is 33.4. The van der Waals surface area contributed by atoms with Crippen LogP contribution in [-0.4, -0.2) is 16.1 Å². The van der Waals surface area contributed by atoms with Crippen molar-refractivity contribution in [2.75, 3.05) is 4.90 Å². The second-order valence-corrected chi connectivity index (χ2v) is 28.2. The highest BCUT2D eigenvalue weighted by Gasteiger charge is 2.50. The van der Waals surface area contributed by atoms with E-state index in [4.69, 9.17) is 4.42 Å². The summed E-state index contributed by atoms with van der Waals surface area (Å²) < 4.78 is 6.63. The van der Waals surface area contributed by atoms with Gasteiger partial charge in [0.25, 0.3) is 0 Å². The summed E-state index contributed by atoms with van der Waals surface area (Å²) in [6.45, 7) is 14.5. The lowest BCUT2D eigenvalue weighted by molar-refractivity contribution is 0.668. The van der Waals surface area contributed by atoms with Gasteiger partial charge < -0.3 is 9.32 Å². The first-order valence-electron chi connectivity index (χ1n) is 20.3. The van der Waals surface area contributed by atoms with Gasteiger partial charge in [0.2, 0.25) is 0 Å². The number of furan rings is 1. The van der Waals surface area contributed by atoms with Crippen LogP contribution in [0.3, 0.4) is 0 Å². The van der Waals surface area contributed by atoms with Crippen molar-refractivity contribution in [3.05, 3.63) is 186 Å². The van der Waals surface area contributed by atoms with Crippen molar-refractivity contribution in [2.45, 2.75) is 44.7 Å². The van der Waals surface area contributed by atoms with E-state index in [-0.39, 0.29) is 0 Å². The minimum absolute atomic E-state index is 0.525. The summed E-state index contributed by atoms with van der Waals surface area (Å²) in [6, 6.07) is 62.0. The molecule has 276 valence electrons. The molecule has 0 amide bonds. The Hall–Kier alpha value is -5.95. The molecular formula is C53H45NOSi2. The molecular weight excluding hydrogens is 723 g/mol. The van der Waals surface area contributed by atoms with E-state index >= 15 is 0 Å². The van der Waals surface area contributed by atoms with Crippen molar-refractivity contribution in [3.63, 3.8) is 0 Å². The fraction of sp³-hybridized carbons (Fsp3) is 0.132. The summed E-state index contributed by atoms with van der Waals surface area (Å²) >= 11 is 0. The molecule has 4 heteroatoms. The van der Waals surface area contributed by atoms with Gasteiger partial charge in [0.1, 0.15) is 11.2 Å². The second kappa shape index (κ2) is 12.0. The molecule has 9 aromatic rings. The minimum Gasteiger partial charge on any atom is -0.456 e. The Morgan fingerprint density at radius 2 is 0.947 bits per heavy atom. The van der Waals surface area contributed by atoms with E-state index in [1.807, 2.05) is 0 Å². The lowest BCUT2D eigenvalue weighted by atomic mass is 9.61. The summed E-state index contributed by atoms with van der Waals surface area (Å²) in [4.78, 5) is 2.50. The van der Waals surface area contributed by atoms with Crippen LogP contribution in [0.1, 0.15) is 22.3 Å². The fourth-order valence-electron chi connectivity index (χ4n) is 10.1. The van der Waals surface area contributed by atoms with Crippen molar-refractivity contribution in [1.82, 2.24) is 0 Å². The Balaban J connectivity index is 1.27. The molecule has 0 unspecified atom stereocenters. The van der Waals surface area contributed by atoms with Gasteiger partial charge in [-0.1, -0.05) is 171 Å². The van der Waals surface area contributed by atoms with Crippen LogP contribution in [0.2, 0.25) is 39.3 Å². The number of anilines is 3. The van der Waals surface area contributed by atoms with Gasteiger partial charge in [-0.05, 0) is 92.4 Å². The number of nitrogens with zero attached hydrogens (tertiary/aromatic N) is 1. The molecule has 0 saturated carbocycles. The van der Waals surface area contributed by atoms with E-state index in [1.54, 1.807) is 0 Å². The van der Waals surface area contributed by atoms with Gasteiger partial charge in [-0.2, -0.15) is 0 Å². The molecule has 2 aliphatic rings. The largest absolute Gasteiger partial charge is 0.456 e. The molecule has 0 radical (unpaired) electrons. The number of hydrogen-bond acceptors (Lipinski definition) is 2. The first kappa shape index (κ1) is 34.3. The van der Waals surface area contributed by atoms with Gasteiger partial charge in [0.15, 0.2) is 0 Å². The predicted molar refractivity (Wildman–Crippen MR) is 248 cm³/mol. The Labute approximate surface area is 337 Å². The lowest BCUT2D eigenvalue weighted by Gasteiger charge is -2.41. The van der Waals surface area contributed by atoms with Crippen LogP contribution in [0, 0.1) is 0 Å². The fourth-order valence-corrected chi connectivity index (χ4v) is 12.5. The van der Waals surface area contributed by atoms with Gasteiger partial charge in [0, 0.05) is 27.5 Å². The molecule has 1 spiro atoms. The van der Waals surface area contributed by atoms with Crippen LogP contribution in [0.5, 0.6) is 0 Å². The zero-order chi connectivity index (χ0) is 38.8. The SMILES string of the molecule is C[Si](C)(C)c1ccc(N(c2ccc([Si](C)(C)C)cc2)c2ccc3c4c(cccc24)C2(c4ccccc4-c4ccccc42)c2ccc4oc5ccccc5c4c2-3)cc1. The van der Waals surface area contributed by atoms with E-state index in [1.165, 1.54) is 88.1 Å². The molecule has 1 aromatic heterocycles. The zero-order valence-corrected chi connectivity index (χ0v) is 35.4. The molecule has 11 rings (SSSR count). The van der Waals surface area contributed by atoms with Crippen molar-refractivity contribution < 1.29 is 4.42 Å². The number of para-hydroxylation sites is 1. The third kappa shape index (κ3) is 4.81. The predicted octanol–water partition coefficient (Wildman–Crippen LogP) is 13.6. The third-order valence-electron chi connectivity index (χ3n) is 12.8. The highest BCUT2D eigenvalue weighted by molar-refractivity contribution is 6.89. The maximum Gasteiger partial charge on any atom is 0.136 e. The number of hydrogen-bond donors (Lipinski definition) is 0. The minimum atomic E-state index is -1.50. The molecule has 0 atom stereocenters. The summed E-state index contributed by atoms with van der Waals surface area (Å²) in [5, 5.41) is 7.81. The topological polar surface area (TPSA) is 16.4 Å². The van der Waals surface area contributed by atoms with Crippen LogP contribution < -0.4 is 15.3 Å². The molecule has 0 aliphatic heterocycles. The second-order valence-electron chi connectivity index (χ2n) is 18.1. The highest BCUT2D eigenvalue weighted by Crippen LogP contribution is 2.63.